The first-order valence-electron chi connectivity index (χ1n) is 11.3. The van der Waals surface area contributed by atoms with Gasteiger partial charge in [0.15, 0.2) is 0 Å². The van der Waals surface area contributed by atoms with Crippen LogP contribution in [0, 0.1) is 13.8 Å². The number of hydrogen-bond acceptors (Lipinski definition) is 7. The summed E-state index contributed by atoms with van der Waals surface area (Å²) in [5, 5.41) is 22.9. The minimum atomic E-state index is -0.910. The molecule has 0 spiro atoms. The van der Waals surface area contributed by atoms with Crippen LogP contribution in [0.1, 0.15) is 62.0 Å². The van der Waals surface area contributed by atoms with Crippen molar-refractivity contribution in [1.29, 1.82) is 0 Å². The summed E-state index contributed by atoms with van der Waals surface area (Å²) in [6.45, 7) is 10.0. The zero-order valence-corrected chi connectivity index (χ0v) is 19.6. The standard InChI is InChI=1S/C25H33N3O4/c1-6-17(7-2)22-12-20(10-16(5)26-22)25-27-24(28-32-25)19-9-15(4)23(18(8-3)11-19)31-14-21(30)13-29/h9-12,17,21,29-30H,6-8,13-14H2,1-5H3/t21-/m1/s1. The van der Waals surface area contributed by atoms with E-state index in [1.165, 1.54) is 0 Å². The Bertz CT molecular complexity index is 1040. The Kier molecular flexibility index (Phi) is 7.99. The lowest BCUT2D eigenvalue weighted by molar-refractivity contribution is 0.0531. The van der Waals surface area contributed by atoms with E-state index in [4.69, 9.17) is 19.4 Å². The molecule has 3 rings (SSSR count). The number of aliphatic hydroxyl groups excluding tert-OH is 2. The van der Waals surface area contributed by atoms with Gasteiger partial charge >= 0.3 is 0 Å². The second kappa shape index (κ2) is 10.7. The van der Waals surface area contributed by atoms with Gasteiger partial charge in [-0.1, -0.05) is 25.9 Å². The Hall–Kier alpha value is -2.77. The molecule has 0 bridgehead atoms. The van der Waals surface area contributed by atoms with Gasteiger partial charge in [0.1, 0.15) is 18.5 Å². The van der Waals surface area contributed by atoms with Gasteiger partial charge in [-0.25, -0.2) is 0 Å². The van der Waals surface area contributed by atoms with Crippen molar-refractivity contribution in [3.63, 3.8) is 0 Å². The molecule has 0 amide bonds. The number of benzene rings is 1. The van der Waals surface area contributed by atoms with Crippen LogP contribution in [0.2, 0.25) is 0 Å². The fraction of sp³-hybridized carbons (Fsp3) is 0.480. The Morgan fingerprint density at radius 2 is 1.75 bits per heavy atom. The van der Waals surface area contributed by atoms with Crippen molar-refractivity contribution in [3.8, 4) is 28.6 Å². The van der Waals surface area contributed by atoms with Crippen LogP contribution >= 0.6 is 0 Å². The van der Waals surface area contributed by atoms with Crippen LogP contribution in [0.3, 0.4) is 0 Å². The quantitative estimate of drug-likeness (QED) is 0.475. The highest BCUT2D eigenvalue weighted by molar-refractivity contribution is 5.64. The first-order chi connectivity index (χ1) is 15.4. The number of aryl methyl sites for hydroxylation is 3. The summed E-state index contributed by atoms with van der Waals surface area (Å²) >= 11 is 0. The molecule has 0 aliphatic carbocycles. The molecule has 0 fully saturated rings. The van der Waals surface area contributed by atoms with Crippen LogP contribution in [0.5, 0.6) is 5.75 Å². The van der Waals surface area contributed by atoms with Gasteiger partial charge in [0, 0.05) is 28.4 Å². The number of rotatable bonds is 10. The maximum atomic E-state index is 9.61. The molecule has 1 atom stereocenters. The number of hydrogen-bond donors (Lipinski definition) is 2. The third kappa shape index (κ3) is 5.34. The average molecular weight is 440 g/mol. The molecule has 0 saturated carbocycles. The fourth-order valence-corrected chi connectivity index (χ4v) is 3.87. The summed E-state index contributed by atoms with van der Waals surface area (Å²) in [5.41, 5.74) is 5.60. The van der Waals surface area contributed by atoms with Crippen LogP contribution in [0.25, 0.3) is 22.8 Å². The lowest BCUT2D eigenvalue weighted by Crippen LogP contribution is -2.22. The number of pyridine rings is 1. The van der Waals surface area contributed by atoms with Crippen LogP contribution in [0.4, 0.5) is 0 Å². The Labute approximate surface area is 189 Å². The van der Waals surface area contributed by atoms with Crippen molar-refractivity contribution in [2.75, 3.05) is 13.2 Å². The molecule has 7 nitrogen and oxygen atoms in total. The van der Waals surface area contributed by atoms with Crippen molar-refractivity contribution in [2.45, 2.75) is 65.9 Å². The summed E-state index contributed by atoms with van der Waals surface area (Å²) in [5.74, 6) is 2.10. The van der Waals surface area contributed by atoms with E-state index >= 15 is 0 Å². The number of ether oxygens (including phenoxy) is 1. The van der Waals surface area contributed by atoms with Crippen molar-refractivity contribution < 1.29 is 19.5 Å². The molecule has 0 aliphatic heterocycles. The number of aromatic nitrogens is 3. The molecular weight excluding hydrogens is 406 g/mol. The molecule has 3 aromatic rings. The smallest absolute Gasteiger partial charge is 0.258 e. The van der Waals surface area contributed by atoms with Crippen molar-refractivity contribution >= 4 is 0 Å². The van der Waals surface area contributed by atoms with Gasteiger partial charge in [-0.15, -0.1) is 0 Å². The van der Waals surface area contributed by atoms with Crippen LogP contribution in [0.15, 0.2) is 28.8 Å². The fourth-order valence-electron chi connectivity index (χ4n) is 3.87. The topological polar surface area (TPSA) is 102 Å². The number of nitrogens with zero attached hydrogens (tertiary/aromatic N) is 3. The SMILES string of the molecule is CCc1cc(-c2noc(-c3cc(C)nc(C(CC)CC)c3)n2)cc(C)c1OC[C@H](O)CO. The minimum absolute atomic E-state index is 0.0380. The highest BCUT2D eigenvalue weighted by Gasteiger charge is 2.18. The maximum absolute atomic E-state index is 9.61. The summed E-state index contributed by atoms with van der Waals surface area (Å²) < 4.78 is 11.4. The van der Waals surface area contributed by atoms with E-state index in [1.54, 1.807) is 0 Å². The monoisotopic (exact) mass is 439 g/mol. The number of aliphatic hydroxyl groups is 2. The normalized spacial score (nSPS) is 12.4. The molecule has 2 aromatic heterocycles. The molecule has 2 N–H and O–H groups in total. The molecule has 32 heavy (non-hydrogen) atoms. The Balaban J connectivity index is 1.92. The first kappa shape index (κ1) is 23.9. The van der Waals surface area contributed by atoms with E-state index in [0.29, 0.717) is 23.4 Å². The van der Waals surface area contributed by atoms with Gasteiger partial charge in [0.25, 0.3) is 5.89 Å². The zero-order valence-electron chi connectivity index (χ0n) is 19.6. The van der Waals surface area contributed by atoms with Crippen LogP contribution < -0.4 is 4.74 Å². The summed E-state index contributed by atoms with van der Waals surface area (Å²) in [6.07, 6.45) is 1.90. The average Bonchev–Trinajstić information content (AvgIpc) is 3.28. The second-order valence-corrected chi connectivity index (χ2v) is 8.14. The highest BCUT2D eigenvalue weighted by Crippen LogP contribution is 2.32. The molecule has 2 heterocycles. The third-order valence-electron chi connectivity index (χ3n) is 5.67. The highest BCUT2D eigenvalue weighted by atomic mass is 16.5. The van der Waals surface area contributed by atoms with Gasteiger partial charge in [-0.3, -0.25) is 4.98 Å². The minimum Gasteiger partial charge on any atom is -0.490 e. The summed E-state index contributed by atoms with van der Waals surface area (Å²) in [6, 6.07) is 7.95. The summed E-state index contributed by atoms with van der Waals surface area (Å²) in [4.78, 5) is 9.37. The molecule has 0 aliphatic rings. The predicted molar refractivity (Wildman–Crippen MR) is 124 cm³/mol. The molecule has 7 heteroatoms. The zero-order chi connectivity index (χ0) is 23.3. The van der Waals surface area contributed by atoms with Crippen LogP contribution in [-0.2, 0) is 6.42 Å². The van der Waals surface area contributed by atoms with Crippen molar-refractivity contribution in [1.82, 2.24) is 15.1 Å². The lowest BCUT2D eigenvalue weighted by Gasteiger charge is -2.16. The van der Waals surface area contributed by atoms with E-state index in [2.05, 4.69) is 24.0 Å². The molecule has 0 saturated heterocycles. The van der Waals surface area contributed by atoms with Gasteiger partial charge < -0.3 is 19.5 Å². The van der Waals surface area contributed by atoms with Crippen molar-refractivity contribution in [2.24, 2.45) is 0 Å². The molecule has 0 radical (unpaired) electrons. The Morgan fingerprint density at radius 1 is 1.00 bits per heavy atom. The van der Waals surface area contributed by atoms with E-state index in [9.17, 15) is 5.11 Å². The maximum Gasteiger partial charge on any atom is 0.258 e. The van der Waals surface area contributed by atoms with Gasteiger partial charge in [0.05, 0.1) is 6.61 Å². The molecular formula is C25H33N3O4. The van der Waals surface area contributed by atoms with Gasteiger partial charge in [-0.05, 0) is 68.5 Å². The molecule has 0 unspecified atom stereocenters. The van der Waals surface area contributed by atoms with E-state index in [-0.39, 0.29) is 13.2 Å². The molecule has 1 aromatic carbocycles. The first-order valence-corrected chi connectivity index (χ1v) is 11.3. The van der Waals surface area contributed by atoms with E-state index in [0.717, 1.165) is 52.9 Å². The third-order valence-corrected chi connectivity index (χ3v) is 5.67. The van der Waals surface area contributed by atoms with Crippen molar-refractivity contribution in [3.05, 3.63) is 46.8 Å². The predicted octanol–water partition coefficient (Wildman–Crippen LogP) is 4.61. The van der Waals surface area contributed by atoms with E-state index in [1.807, 2.05) is 45.0 Å². The van der Waals surface area contributed by atoms with Gasteiger partial charge in [-0.2, -0.15) is 4.98 Å². The summed E-state index contributed by atoms with van der Waals surface area (Å²) in [7, 11) is 0. The molecule has 172 valence electrons. The second-order valence-electron chi connectivity index (χ2n) is 8.14. The lowest BCUT2D eigenvalue weighted by atomic mass is 9.97. The Morgan fingerprint density at radius 3 is 2.41 bits per heavy atom. The van der Waals surface area contributed by atoms with E-state index < -0.39 is 6.10 Å². The van der Waals surface area contributed by atoms with Gasteiger partial charge in [0.2, 0.25) is 5.82 Å². The van der Waals surface area contributed by atoms with Crippen LogP contribution in [-0.4, -0.2) is 44.7 Å². The largest absolute Gasteiger partial charge is 0.490 e.